The summed E-state index contributed by atoms with van der Waals surface area (Å²) in [7, 11) is 2.08. The van der Waals surface area contributed by atoms with Crippen LogP contribution in [-0.2, 0) is 12.5 Å². The SMILES string of the molecule is Cn1c(C2(CN)CC2)nc2ccccc21. The molecule has 3 nitrogen and oxygen atoms in total. The van der Waals surface area contributed by atoms with Crippen molar-refractivity contribution in [2.24, 2.45) is 12.8 Å². The molecule has 2 N–H and O–H groups in total. The number of hydrogen-bond acceptors (Lipinski definition) is 2. The lowest BCUT2D eigenvalue weighted by molar-refractivity contribution is 0.621. The van der Waals surface area contributed by atoms with Crippen LogP contribution in [0.2, 0.25) is 0 Å². The van der Waals surface area contributed by atoms with Crippen molar-refractivity contribution in [2.75, 3.05) is 6.54 Å². The molecule has 0 bridgehead atoms. The Kier molecular flexibility index (Phi) is 1.68. The Labute approximate surface area is 88.9 Å². The highest BCUT2D eigenvalue weighted by atomic mass is 15.1. The molecule has 15 heavy (non-hydrogen) atoms. The molecule has 78 valence electrons. The largest absolute Gasteiger partial charge is 0.331 e. The van der Waals surface area contributed by atoms with Gasteiger partial charge in [-0.3, -0.25) is 0 Å². The molecule has 3 rings (SSSR count). The zero-order chi connectivity index (χ0) is 10.5. The molecule has 1 saturated carbocycles. The minimum absolute atomic E-state index is 0.174. The van der Waals surface area contributed by atoms with Gasteiger partial charge in [0.2, 0.25) is 0 Å². The molecular weight excluding hydrogens is 186 g/mol. The van der Waals surface area contributed by atoms with Crippen LogP contribution in [-0.4, -0.2) is 16.1 Å². The summed E-state index contributed by atoms with van der Waals surface area (Å²) >= 11 is 0. The Morgan fingerprint density at radius 3 is 2.73 bits per heavy atom. The lowest BCUT2D eigenvalue weighted by atomic mass is 10.1. The summed E-state index contributed by atoms with van der Waals surface area (Å²) in [5.41, 5.74) is 8.29. The number of aryl methyl sites for hydroxylation is 1. The molecule has 1 fully saturated rings. The highest BCUT2D eigenvalue weighted by molar-refractivity contribution is 5.76. The summed E-state index contributed by atoms with van der Waals surface area (Å²) in [6, 6.07) is 8.25. The molecule has 0 spiro atoms. The fraction of sp³-hybridized carbons (Fsp3) is 0.417. The molecule has 1 aromatic heterocycles. The van der Waals surface area contributed by atoms with Gasteiger partial charge in [-0.05, 0) is 25.0 Å². The maximum Gasteiger partial charge on any atom is 0.117 e. The summed E-state index contributed by atoms with van der Waals surface area (Å²) < 4.78 is 2.19. The van der Waals surface area contributed by atoms with E-state index in [2.05, 4.69) is 29.8 Å². The van der Waals surface area contributed by atoms with E-state index in [1.807, 2.05) is 6.07 Å². The van der Waals surface area contributed by atoms with Crippen LogP contribution in [0.25, 0.3) is 11.0 Å². The maximum absolute atomic E-state index is 5.84. The van der Waals surface area contributed by atoms with Gasteiger partial charge in [0.25, 0.3) is 0 Å². The zero-order valence-corrected chi connectivity index (χ0v) is 8.90. The van der Waals surface area contributed by atoms with Gasteiger partial charge in [-0.2, -0.15) is 0 Å². The van der Waals surface area contributed by atoms with Crippen LogP contribution in [0.3, 0.4) is 0 Å². The third-order valence-corrected chi connectivity index (χ3v) is 3.51. The Hall–Kier alpha value is -1.35. The molecule has 2 aromatic rings. The van der Waals surface area contributed by atoms with E-state index in [0.717, 1.165) is 11.3 Å². The van der Waals surface area contributed by atoms with Crippen molar-refractivity contribution in [1.82, 2.24) is 9.55 Å². The Morgan fingerprint density at radius 1 is 1.40 bits per heavy atom. The van der Waals surface area contributed by atoms with Crippen LogP contribution in [0.4, 0.5) is 0 Å². The van der Waals surface area contributed by atoms with Gasteiger partial charge in [-0.1, -0.05) is 12.1 Å². The molecule has 0 saturated heterocycles. The molecule has 1 aromatic carbocycles. The van der Waals surface area contributed by atoms with Gasteiger partial charge in [0.15, 0.2) is 0 Å². The average Bonchev–Trinajstić information content (AvgIpc) is 3.00. The summed E-state index contributed by atoms with van der Waals surface area (Å²) in [5.74, 6) is 1.16. The minimum Gasteiger partial charge on any atom is -0.331 e. The lowest BCUT2D eigenvalue weighted by Crippen LogP contribution is -2.23. The summed E-state index contributed by atoms with van der Waals surface area (Å²) in [5, 5.41) is 0. The molecule has 1 aliphatic carbocycles. The van der Waals surface area contributed by atoms with Gasteiger partial charge < -0.3 is 10.3 Å². The van der Waals surface area contributed by atoms with E-state index < -0.39 is 0 Å². The third-order valence-electron chi connectivity index (χ3n) is 3.51. The highest BCUT2D eigenvalue weighted by Crippen LogP contribution is 2.47. The van der Waals surface area contributed by atoms with Crippen molar-refractivity contribution in [2.45, 2.75) is 18.3 Å². The van der Waals surface area contributed by atoms with E-state index in [4.69, 9.17) is 10.7 Å². The Bertz CT molecular complexity index is 509. The van der Waals surface area contributed by atoms with E-state index in [9.17, 15) is 0 Å². The molecule has 3 heteroatoms. The molecule has 0 amide bonds. The lowest BCUT2D eigenvalue weighted by Gasteiger charge is -2.11. The van der Waals surface area contributed by atoms with Crippen LogP contribution >= 0.6 is 0 Å². The number of nitrogens with zero attached hydrogens (tertiary/aromatic N) is 2. The van der Waals surface area contributed by atoms with Crippen LogP contribution in [0.1, 0.15) is 18.7 Å². The van der Waals surface area contributed by atoms with E-state index in [-0.39, 0.29) is 5.41 Å². The number of imidazole rings is 1. The maximum atomic E-state index is 5.84. The molecule has 1 aliphatic rings. The van der Waals surface area contributed by atoms with Crippen molar-refractivity contribution >= 4 is 11.0 Å². The number of rotatable bonds is 2. The van der Waals surface area contributed by atoms with E-state index in [0.29, 0.717) is 6.54 Å². The minimum atomic E-state index is 0.174. The second-order valence-corrected chi connectivity index (χ2v) is 4.47. The molecule has 0 unspecified atom stereocenters. The van der Waals surface area contributed by atoms with Crippen LogP contribution in [0, 0.1) is 0 Å². The molecule has 0 atom stereocenters. The van der Waals surface area contributed by atoms with E-state index in [1.54, 1.807) is 0 Å². The first-order valence-corrected chi connectivity index (χ1v) is 5.39. The third kappa shape index (κ3) is 1.13. The van der Waals surface area contributed by atoms with Gasteiger partial charge in [0, 0.05) is 19.0 Å². The van der Waals surface area contributed by atoms with Crippen molar-refractivity contribution < 1.29 is 0 Å². The first kappa shape index (κ1) is 8.92. The standard InChI is InChI=1S/C12H15N3/c1-15-10-5-3-2-4-9(10)14-11(15)12(8-13)6-7-12/h2-5H,6-8,13H2,1H3. The quantitative estimate of drug-likeness (QED) is 0.801. The number of aromatic nitrogens is 2. The van der Waals surface area contributed by atoms with Gasteiger partial charge in [-0.25, -0.2) is 4.98 Å². The molecule has 0 radical (unpaired) electrons. The fourth-order valence-electron chi connectivity index (χ4n) is 2.29. The predicted molar refractivity (Wildman–Crippen MR) is 60.7 cm³/mol. The van der Waals surface area contributed by atoms with Crippen molar-refractivity contribution in [3.63, 3.8) is 0 Å². The second-order valence-electron chi connectivity index (χ2n) is 4.47. The van der Waals surface area contributed by atoms with Crippen molar-refractivity contribution in [3.05, 3.63) is 30.1 Å². The summed E-state index contributed by atoms with van der Waals surface area (Å²) in [4.78, 5) is 4.70. The number of fused-ring (bicyclic) bond motifs is 1. The number of para-hydroxylation sites is 2. The smallest absolute Gasteiger partial charge is 0.117 e. The van der Waals surface area contributed by atoms with Gasteiger partial charge in [0.1, 0.15) is 5.82 Å². The van der Waals surface area contributed by atoms with Crippen molar-refractivity contribution in [1.29, 1.82) is 0 Å². The van der Waals surface area contributed by atoms with E-state index >= 15 is 0 Å². The summed E-state index contributed by atoms with van der Waals surface area (Å²) in [6.45, 7) is 0.712. The Morgan fingerprint density at radius 2 is 2.13 bits per heavy atom. The van der Waals surface area contributed by atoms with Crippen LogP contribution in [0.5, 0.6) is 0 Å². The topological polar surface area (TPSA) is 43.8 Å². The first-order chi connectivity index (χ1) is 7.27. The number of nitrogens with two attached hydrogens (primary N) is 1. The summed E-state index contributed by atoms with van der Waals surface area (Å²) in [6.07, 6.45) is 2.36. The molecule has 1 heterocycles. The number of hydrogen-bond donors (Lipinski definition) is 1. The first-order valence-electron chi connectivity index (χ1n) is 5.39. The normalized spacial score (nSPS) is 18.3. The highest BCUT2D eigenvalue weighted by Gasteiger charge is 2.46. The van der Waals surface area contributed by atoms with Gasteiger partial charge in [-0.15, -0.1) is 0 Å². The predicted octanol–water partition coefficient (Wildman–Crippen LogP) is 1.56. The average molecular weight is 201 g/mol. The molecule has 0 aliphatic heterocycles. The number of benzene rings is 1. The Balaban J connectivity index is 2.24. The molecular formula is C12H15N3. The van der Waals surface area contributed by atoms with Gasteiger partial charge in [0.05, 0.1) is 11.0 Å². The second kappa shape index (κ2) is 2.83. The zero-order valence-electron chi connectivity index (χ0n) is 8.90. The van der Waals surface area contributed by atoms with Crippen LogP contribution < -0.4 is 5.73 Å². The van der Waals surface area contributed by atoms with Crippen molar-refractivity contribution in [3.8, 4) is 0 Å². The van der Waals surface area contributed by atoms with Crippen LogP contribution in [0.15, 0.2) is 24.3 Å². The van der Waals surface area contributed by atoms with Gasteiger partial charge >= 0.3 is 0 Å². The van der Waals surface area contributed by atoms with E-state index in [1.165, 1.54) is 18.4 Å². The fourth-order valence-corrected chi connectivity index (χ4v) is 2.29. The monoisotopic (exact) mass is 201 g/mol.